The van der Waals surface area contributed by atoms with E-state index in [1.54, 1.807) is 12.1 Å². The van der Waals surface area contributed by atoms with Crippen LogP contribution in [0.2, 0.25) is 0 Å². The first-order chi connectivity index (χ1) is 13.7. The Morgan fingerprint density at radius 1 is 0.857 bits per heavy atom. The third-order valence-electron chi connectivity index (χ3n) is 4.52. The lowest BCUT2D eigenvalue weighted by atomic mass is 10.0. The average Bonchev–Trinajstić information content (AvgIpc) is 2.74. The molecule has 0 unspecified atom stereocenters. The molecule has 2 aromatic rings. The predicted molar refractivity (Wildman–Crippen MR) is 114 cm³/mol. The van der Waals surface area contributed by atoms with Crippen molar-refractivity contribution >= 4 is 5.97 Å². The van der Waals surface area contributed by atoms with Gasteiger partial charge in [0.2, 0.25) is 0 Å². The number of rotatable bonds is 12. The highest BCUT2D eigenvalue weighted by Gasteiger charge is 2.07. The minimum Gasteiger partial charge on any atom is -0.494 e. The van der Waals surface area contributed by atoms with E-state index in [0.29, 0.717) is 25.0 Å². The summed E-state index contributed by atoms with van der Waals surface area (Å²) in [4.78, 5) is 12.0. The van der Waals surface area contributed by atoms with Crippen LogP contribution in [0.25, 0.3) is 11.1 Å². The normalized spacial score (nSPS) is 10.3. The molecule has 0 heterocycles. The van der Waals surface area contributed by atoms with Crippen molar-refractivity contribution < 1.29 is 14.3 Å². The highest BCUT2D eigenvalue weighted by Crippen LogP contribution is 2.23. The minimum atomic E-state index is -0.314. The molecule has 0 saturated heterocycles. The van der Waals surface area contributed by atoms with E-state index in [9.17, 15) is 4.79 Å². The molecule has 2 aromatic carbocycles. The lowest BCUT2D eigenvalue weighted by molar-refractivity contribution is 0.0502. The largest absolute Gasteiger partial charge is 0.494 e. The molecule has 0 aliphatic rings. The standard InChI is InChI=1S/C25H30O3/c1-3-5-7-8-10-19-27-24-17-15-22(16-18-24)21-11-13-23(14-12-21)25(26)28-20-9-6-4-2/h2,11-18H,3,5-10,19-20H2,1H3. The van der Waals surface area contributed by atoms with E-state index in [-0.39, 0.29) is 5.97 Å². The molecule has 0 fully saturated rings. The third-order valence-corrected chi connectivity index (χ3v) is 4.52. The third kappa shape index (κ3) is 7.48. The van der Waals surface area contributed by atoms with Gasteiger partial charge >= 0.3 is 5.97 Å². The second kappa shape index (κ2) is 12.6. The van der Waals surface area contributed by atoms with Crippen LogP contribution in [0.15, 0.2) is 48.5 Å². The zero-order valence-corrected chi connectivity index (χ0v) is 16.8. The van der Waals surface area contributed by atoms with Crippen LogP contribution in [-0.2, 0) is 4.74 Å². The Morgan fingerprint density at radius 3 is 2.14 bits per heavy atom. The lowest BCUT2D eigenvalue weighted by Gasteiger charge is -2.08. The molecular formula is C25H30O3. The number of hydrogen-bond donors (Lipinski definition) is 0. The molecule has 0 atom stereocenters. The Labute approximate surface area is 169 Å². The maximum Gasteiger partial charge on any atom is 0.338 e. The van der Waals surface area contributed by atoms with E-state index < -0.39 is 0 Å². The maximum absolute atomic E-state index is 12.0. The second-order valence-electron chi connectivity index (χ2n) is 6.81. The number of carbonyl (C=O) groups excluding carboxylic acids is 1. The minimum absolute atomic E-state index is 0.314. The number of esters is 1. The summed E-state index contributed by atoms with van der Waals surface area (Å²) in [6.45, 7) is 3.34. The van der Waals surface area contributed by atoms with Crippen molar-refractivity contribution in [3.05, 3.63) is 54.1 Å². The molecule has 28 heavy (non-hydrogen) atoms. The second-order valence-corrected chi connectivity index (χ2v) is 6.81. The van der Waals surface area contributed by atoms with Gasteiger partial charge in [-0.3, -0.25) is 0 Å². The molecule has 0 aromatic heterocycles. The number of unbranched alkanes of at least 4 members (excludes halogenated alkanes) is 5. The molecule has 0 bridgehead atoms. The monoisotopic (exact) mass is 378 g/mol. The number of ether oxygens (including phenoxy) is 2. The molecule has 3 heteroatoms. The van der Waals surface area contributed by atoms with Crippen molar-refractivity contribution in [2.75, 3.05) is 13.2 Å². The van der Waals surface area contributed by atoms with Gasteiger partial charge in [0.1, 0.15) is 5.75 Å². The highest BCUT2D eigenvalue weighted by atomic mass is 16.5. The first-order valence-corrected chi connectivity index (χ1v) is 10.2. The van der Waals surface area contributed by atoms with Crippen LogP contribution in [-0.4, -0.2) is 19.2 Å². The molecule has 3 nitrogen and oxygen atoms in total. The van der Waals surface area contributed by atoms with E-state index in [1.807, 2.05) is 36.4 Å². The van der Waals surface area contributed by atoms with Crippen LogP contribution in [0.3, 0.4) is 0 Å². The zero-order valence-electron chi connectivity index (χ0n) is 16.8. The molecule has 0 saturated carbocycles. The van der Waals surface area contributed by atoms with Gasteiger partial charge in [-0.25, -0.2) is 4.79 Å². The van der Waals surface area contributed by atoms with Gasteiger partial charge in [-0.05, 0) is 48.2 Å². The molecule has 0 aliphatic carbocycles. The van der Waals surface area contributed by atoms with E-state index in [1.165, 1.54) is 25.7 Å². The summed E-state index contributed by atoms with van der Waals surface area (Å²) in [5.41, 5.74) is 2.69. The van der Waals surface area contributed by atoms with Crippen LogP contribution in [0, 0.1) is 12.3 Å². The molecule has 0 amide bonds. The van der Waals surface area contributed by atoms with Crippen molar-refractivity contribution in [1.82, 2.24) is 0 Å². The summed E-state index contributed by atoms with van der Waals surface area (Å²) in [5.74, 6) is 3.11. The van der Waals surface area contributed by atoms with E-state index in [2.05, 4.69) is 12.8 Å². The van der Waals surface area contributed by atoms with Gasteiger partial charge in [0.05, 0.1) is 18.8 Å². The SMILES string of the molecule is C#CCCCOC(=O)c1ccc(-c2ccc(OCCCCCCC)cc2)cc1. The van der Waals surface area contributed by atoms with Gasteiger partial charge in [-0.1, -0.05) is 56.9 Å². The van der Waals surface area contributed by atoms with E-state index in [0.717, 1.165) is 29.9 Å². The van der Waals surface area contributed by atoms with Crippen molar-refractivity contribution in [3.8, 4) is 29.2 Å². The van der Waals surface area contributed by atoms with Crippen LogP contribution in [0.4, 0.5) is 0 Å². The fourth-order valence-electron chi connectivity index (χ4n) is 2.86. The predicted octanol–water partition coefficient (Wildman–Crippen LogP) is 6.27. The van der Waals surface area contributed by atoms with Crippen LogP contribution in [0.5, 0.6) is 5.75 Å². The topological polar surface area (TPSA) is 35.5 Å². The molecule has 0 aliphatic heterocycles. The van der Waals surface area contributed by atoms with Gasteiger partial charge < -0.3 is 9.47 Å². The summed E-state index contributed by atoms with van der Waals surface area (Å²) in [5, 5.41) is 0. The van der Waals surface area contributed by atoms with Crippen molar-refractivity contribution in [2.45, 2.75) is 51.9 Å². The zero-order chi connectivity index (χ0) is 20.0. The van der Waals surface area contributed by atoms with Gasteiger partial charge in [0.15, 0.2) is 0 Å². The summed E-state index contributed by atoms with van der Waals surface area (Å²) in [6, 6.07) is 15.5. The van der Waals surface area contributed by atoms with Crippen LogP contribution in [0.1, 0.15) is 62.2 Å². The Balaban J connectivity index is 1.81. The van der Waals surface area contributed by atoms with Gasteiger partial charge in [0, 0.05) is 6.42 Å². The van der Waals surface area contributed by atoms with Crippen LogP contribution < -0.4 is 4.74 Å². The van der Waals surface area contributed by atoms with Gasteiger partial charge in [-0.15, -0.1) is 12.3 Å². The highest BCUT2D eigenvalue weighted by molar-refractivity contribution is 5.90. The fraction of sp³-hybridized carbons (Fsp3) is 0.400. The van der Waals surface area contributed by atoms with Crippen LogP contribution >= 0.6 is 0 Å². The van der Waals surface area contributed by atoms with E-state index in [4.69, 9.17) is 15.9 Å². The van der Waals surface area contributed by atoms with Gasteiger partial charge in [0.25, 0.3) is 0 Å². The number of terminal acetylenes is 1. The summed E-state index contributed by atoms with van der Waals surface area (Å²) in [6.07, 6.45) is 12.7. The summed E-state index contributed by atoms with van der Waals surface area (Å²) < 4.78 is 11.0. The quantitative estimate of drug-likeness (QED) is 0.248. The van der Waals surface area contributed by atoms with Crippen molar-refractivity contribution in [2.24, 2.45) is 0 Å². The van der Waals surface area contributed by atoms with E-state index >= 15 is 0 Å². The van der Waals surface area contributed by atoms with Crippen molar-refractivity contribution in [1.29, 1.82) is 0 Å². The van der Waals surface area contributed by atoms with Crippen molar-refractivity contribution in [3.63, 3.8) is 0 Å². The Bertz CT molecular complexity index is 739. The molecule has 0 radical (unpaired) electrons. The fourth-order valence-corrected chi connectivity index (χ4v) is 2.86. The lowest BCUT2D eigenvalue weighted by Crippen LogP contribution is -2.06. The number of benzene rings is 2. The number of carbonyl (C=O) groups is 1. The smallest absolute Gasteiger partial charge is 0.338 e. The first kappa shape index (κ1) is 21.6. The molecule has 0 spiro atoms. The summed E-state index contributed by atoms with van der Waals surface area (Å²) >= 11 is 0. The van der Waals surface area contributed by atoms with Gasteiger partial charge in [-0.2, -0.15) is 0 Å². The Kier molecular flexibility index (Phi) is 9.72. The molecule has 148 valence electrons. The Hall–Kier alpha value is -2.73. The molecule has 0 N–H and O–H groups in total. The maximum atomic E-state index is 12.0. The molecule has 2 rings (SSSR count). The number of hydrogen-bond acceptors (Lipinski definition) is 3. The Morgan fingerprint density at radius 2 is 1.50 bits per heavy atom. The first-order valence-electron chi connectivity index (χ1n) is 10.2. The summed E-state index contributed by atoms with van der Waals surface area (Å²) in [7, 11) is 0. The average molecular weight is 379 g/mol. The molecular weight excluding hydrogens is 348 g/mol.